The van der Waals surface area contributed by atoms with Gasteiger partial charge in [0.15, 0.2) is 0 Å². The van der Waals surface area contributed by atoms with E-state index >= 15 is 0 Å². The highest BCUT2D eigenvalue weighted by atomic mass is 32.2. The van der Waals surface area contributed by atoms with Crippen LogP contribution >= 0.6 is 11.8 Å². The van der Waals surface area contributed by atoms with Crippen molar-refractivity contribution in [2.75, 3.05) is 24.7 Å². The molecule has 1 aromatic rings. The molecule has 0 radical (unpaired) electrons. The summed E-state index contributed by atoms with van der Waals surface area (Å²) < 4.78 is 40.2. The normalized spacial score (nSPS) is 15.3. The van der Waals surface area contributed by atoms with E-state index in [9.17, 15) is 41.9 Å². The maximum Gasteiger partial charge on any atom is 0.426 e. The number of aliphatic carboxylic acids is 2. The first kappa shape index (κ1) is 36.6. The van der Waals surface area contributed by atoms with Crippen LogP contribution in [0.2, 0.25) is 0 Å². The van der Waals surface area contributed by atoms with Crippen LogP contribution in [0.5, 0.6) is 0 Å². The molecule has 4 amide bonds. The summed E-state index contributed by atoms with van der Waals surface area (Å²) in [5, 5.41) is 29.9. The van der Waals surface area contributed by atoms with Crippen molar-refractivity contribution >= 4 is 47.3 Å². The predicted octanol–water partition coefficient (Wildman–Crippen LogP) is -1.34. The van der Waals surface area contributed by atoms with Crippen LogP contribution in [0.4, 0.5) is 13.2 Å². The average Bonchev–Trinajstić information content (AvgIpc) is 3.79. The molecule has 3 unspecified atom stereocenters. The molecule has 1 fully saturated rings. The second-order valence-corrected chi connectivity index (χ2v) is 10.3. The van der Waals surface area contributed by atoms with E-state index in [0.717, 1.165) is 23.9 Å². The zero-order valence-corrected chi connectivity index (χ0v) is 23.9. The summed E-state index contributed by atoms with van der Waals surface area (Å²) >= 11 is 0.797. The third-order valence-corrected chi connectivity index (χ3v) is 7.05. The molecule has 18 nitrogen and oxygen atoms in total. The van der Waals surface area contributed by atoms with E-state index in [2.05, 4.69) is 31.3 Å². The number of amides is 4. The van der Waals surface area contributed by atoms with Gasteiger partial charge < -0.3 is 37.2 Å². The smallest absolute Gasteiger partial charge is 0.426 e. The van der Waals surface area contributed by atoms with Gasteiger partial charge >= 0.3 is 18.1 Å². The van der Waals surface area contributed by atoms with Gasteiger partial charge in [-0.1, -0.05) is 29.4 Å². The van der Waals surface area contributed by atoms with Crippen LogP contribution in [-0.2, 0) is 34.4 Å². The Morgan fingerprint density at radius 1 is 1.02 bits per heavy atom. The Hall–Kier alpha value is -4.63. The standard InChI is InChI=1S/C23H29F3N10O8S/c24-23(25,26)22(34-35-22)12-3-1-11(2-4-12)18(20(42)30-10-31-36-28)33-16(38)9-45-8-14(19(41)29-7-17(39)40)32-15(37)6-5-13(27)21(43)44/h1-4,13-14,18,34-35H,5-10,27H2,(H,29,41)(H,30,42)(H,32,37)(H,33,38)(H,39,40)(H,43,44). The van der Waals surface area contributed by atoms with Gasteiger partial charge in [-0.2, -0.15) is 13.2 Å². The van der Waals surface area contributed by atoms with Gasteiger partial charge in [0, 0.05) is 17.1 Å². The molecule has 1 aliphatic heterocycles. The van der Waals surface area contributed by atoms with E-state index in [1.54, 1.807) is 0 Å². The number of alkyl halides is 3. The van der Waals surface area contributed by atoms with Gasteiger partial charge in [-0.3, -0.25) is 28.8 Å². The first-order chi connectivity index (χ1) is 21.1. The van der Waals surface area contributed by atoms with Crippen molar-refractivity contribution in [3.05, 3.63) is 45.8 Å². The second-order valence-electron chi connectivity index (χ2n) is 9.28. The molecule has 2 rings (SSSR count). The van der Waals surface area contributed by atoms with Crippen molar-refractivity contribution < 1.29 is 52.2 Å². The number of nitrogens with one attached hydrogen (secondary N) is 6. The molecule has 0 aliphatic carbocycles. The molecule has 1 aliphatic rings. The van der Waals surface area contributed by atoms with Crippen LogP contribution in [0.1, 0.15) is 30.0 Å². The highest BCUT2D eigenvalue weighted by molar-refractivity contribution is 8.00. The van der Waals surface area contributed by atoms with Crippen LogP contribution < -0.4 is 37.9 Å². The number of benzene rings is 1. The number of carboxylic acids is 2. The summed E-state index contributed by atoms with van der Waals surface area (Å²) in [6, 6.07) is 0.420. The molecule has 10 N–H and O–H groups in total. The number of carbonyl (C=O) groups is 6. The summed E-state index contributed by atoms with van der Waals surface area (Å²) in [6.45, 7) is -1.27. The number of hydrogen-bond donors (Lipinski definition) is 9. The average molecular weight is 663 g/mol. The van der Waals surface area contributed by atoms with Crippen molar-refractivity contribution in [1.82, 2.24) is 32.1 Å². The lowest BCUT2D eigenvalue weighted by atomic mass is 9.98. The number of rotatable bonds is 18. The van der Waals surface area contributed by atoms with Gasteiger partial charge in [-0.25, -0.2) is 10.9 Å². The van der Waals surface area contributed by atoms with Crippen LogP contribution in [-0.4, -0.2) is 88.8 Å². The fraction of sp³-hybridized carbons (Fsp3) is 0.478. The molecule has 0 spiro atoms. The van der Waals surface area contributed by atoms with Gasteiger partial charge in [0.2, 0.25) is 29.3 Å². The minimum atomic E-state index is -4.68. The molecule has 1 aromatic carbocycles. The lowest BCUT2D eigenvalue weighted by molar-refractivity contribution is -0.165. The number of thioether (sulfide) groups is 1. The van der Waals surface area contributed by atoms with E-state index in [4.69, 9.17) is 21.5 Å². The van der Waals surface area contributed by atoms with Gasteiger partial charge in [0.25, 0.3) is 0 Å². The molecule has 3 atom stereocenters. The maximum atomic E-state index is 13.4. The topological polar surface area (TPSA) is 310 Å². The van der Waals surface area contributed by atoms with Crippen LogP contribution in [0.15, 0.2) is 29.4 Å². The third-order valence-electron chi connectivity index (χ3n) is 6.01. The van der Waals surface area contributed by atoms with Crippen molar-refractivity contribution in [3.8, 4) is 0 Å². The van der Waals surface area contributed by atoms with Crippen LogP contribution in [0, 0.1) is 0 Å². The van der Waals surface area contributed by atoms with E-state index in [1.165, 1.54) is 12.1 Å². The summed E-state index contributed by atoms with van der Waals surface area (Å²) in [4.78, 5) is 74.4. The number of hydrogen-bond acceptors (Lipinski definition) is 11. The van der Waals surface area contributed by atoms with E-state index < -0.39 is 84.5 Å². The molecular weight excluding hydrogens is 633 g/mol. The Balaban J connectivity index is 2.09. The maximum absolute atomic E-state index is 13.4. The molecular formula is C23H29F3N10O8S. The third kappa shape index (κ3) is 11.1. The van der Waals surface area contributed by atoms with Gasteiger partial charge in [-0.05, 0) is 23.1 Å². The lowest BCUT2D eigenvalue weighted by Gasteiger charge is -2.21. The minimum absolute atomic E-state index is 0.0752. The number of nitrogens with zero attached hydrogens (tertiary/aromatic N) is 3. The van der Waals surface area contributed by atoms with E-state index in [-0.39, 0.29) is 29.7 Å². The Morgan fingerprint density at radius 3 is 2.20 bits per heavy atom. The fourth-order valence-electron chi connectivity index (χ4n) is 3.60. The first-order valence-electron chi connectivity index (χ1n) is 12.8. The van der Waals surface area contributed by atoms with Crippen molar-refractivity contribution in [2.24, 2.45) is 10.8 Å². The molecule has 0 bridgehead atoms. The zero-order valence-electron chi connectivity index (χ0n) is 23.1. The number of carbonyl (C=O) groups excluding carboxylic acids is 4. The number of nitrogens with two attached hydrogens (primary N) is 1. The molecule has 1 saturated heterocycles. The molecule has 22 heteroatoms. The largest absolute Gasteiger partial charge is 0.480 e. The number of hydrazine groups is 1. The quantitative estimate of drug-likeness (QED) is 0.0382. The highest BCUT2D eigenvalue weighted by Gasteiger charge is 2.65. The van der Waals surface area contributed by atoms with Gasteiger partial charge in [0.05, 0.1) is 12.4 Å². The number of halogens is 3. The van der Waals surface area contributed by atoms with Crippen molar-refractivity contribution in [1.29, 1.82) is 0 Å². The van der Waals surface area contributed by atoms with E-state index in [0.29, 0.717) is 0 Å². The SMILES string of the molecule is [N-]=[N+]=NCNC(=O)C(NC(=O)CSCC(NC(=O)CCC(N)C(=O)O)C(=O)NCC(=O)O)c1ccc(C2(C(F)(F)F)NN2)cc1. The molecule has 246 valence electrons. The minimum Gasteiger partial charge on any atom is -0.480 e. The first-order valence-corrected chi connectivity index (χ1v) is 13.9. The van der Waals surface area contributed by atoms with Gasteiger partial charge in [0.1, 0.15) is 24.7 Å². The molecule has 0 saturated carbocycles. The summed E-state index contributed by atoms with van der Waals surface area (Å²) in [7, 11) is 0. The van der Waals surface area contributed by atoms with Crippen molar-refractivity contribution in [2.45, 2.75) is 42.8 Å². The Kier molecular flexibility index (Phi) is 13.4. The zero-order chi connectivity index (χ0) is 33.8. The fourth-order valence-corrected chi connectivity index (χ4v) is 4.46. The van der Waals surface area contributed by atoms with Crippen LogP contribution in [0.25, 0.3) is 10.4 Å². The summed E-state index contributed by atoms with van der Waals surface area (Å²) in [5.41, 5.74) is 15.3. The predicted molar refractivity (Wildman–Crippen MR) is 148 cm³/mol. The Morgan fingerprint density at radius 2 is 1.67 bits per heavy atom. The van der Waals surface area contributed by atoms with E-state index in [1.807, 2.05) is 10.9 Å². The van der Waals surface area contributed by atoms with Crippen molar-refractivity contribution in [3.63, 3.8) is 0 Å². The highest BCUT2D eigenvalue weighted by Crippen LogP contribution is 2.42. The molecule has 45 heavy (non-hydrogen) atoms. The van der Waals surface area contributed by atoms with Crippen LogP contribution in [0.3, 0.4) is 0 Å². The summed E-state index contributed by atoms with van der Waals surface area (Å²) in [6.07, 6.45) is -5.31. The Labute approximate surface area is 256 Å². The Bertz CT molecular complexity index is 1320. The second kappa shape index (κ2) is 16.4. The lowest BCUT2D eigenvalue weighted by Crippen LogP contribution is -2.49. The number of azide groups is 1. The number of carboxylic acid groups (broad SMARTS) is 2. The summed E-state index contributed by atoms with van der Waals surface area (Å²) in [5.74, 6) is -6.71. The molecule has 1 heterocycles. The van der Waals surface area contributed by atoms with Gasteiger partial charge in [-0.15, -0.1) is 11.8 Å². The molecule has 0 aromatic heterocycles. The monoisotopic (exact) mass is 662 g/mol.